The molecule has 1 heterocycles. The van der Waals surface area contributed by atoms with Crippen molar-refractivity contribution in [3.63, 3.8) is 0 Å². The van der Waals surface area contributed by atoms with Gasteiger partial charge in [0.25, 0.3) is 5.91 Å². The molecular formula is C30H32N2O2. The summed E-state index contributed by atoms with van der Waals surface area (Å²) in [6.07, 6.45) is 0. The standard InChI is InChI=1S/C30H32N2O2/c1-6-34-24-11-9-10-22(18-24)28-19-26(25-12-7-8-13-27(25)32-28)29(33)31-20(2)21-14-16-23(17-15-21)30(3,4)5/h7-20H,6H2,1-5H3,(H,31,33)/t20-/m0/s1. The first-order valence-corrected chi connectivity index (χ1v) is 11.8. The second-order valence-electron chi connectivity index (χ2n) is 9.60. The molecule has 1 amide bonds. The topological polar surface area (TPSA) is 51.2 Å². The quantitative estimate of drug-likeness (QED) is 0.340. The highest BCUT2D eigenvalue weighted by molar-refractivity contribution is 6.07. The number of hydrogen-bond acceptors (Lipinski definition) is 3. The molecule has 0 spiro atoms. The molecule has 0 aliphatic carbocycles. The number of para-hydroxylation sites is 1. The Morgan fingerprint density at radius 2 is 1.71 bits per heavy atom. The molecule has 0 unspecified atom stereocenters. The molecule has 0 saturated heterocycles. The number of benzene rings is 3. The fraction of sp³-hybridized carbons (Fsp3) is 0.267. The molecule has 4 aromatic rings. The number of nitrogens with zero attached hydrogens (tertiary/aromatic N) is 1. The van der Waals surface area contributed by atoms with Crippen molar-refractivity contribution in [2.24, 2.45) is 0 Å². The molecule has 0 saturated carbocycles. The maximum atomic E-state index is 13.5. The monoisotopic (exact) mass is 452 g/mol. The third-order valence-corrected chi connectivity index (χ3v) is 6.03. The molecule has 0 aliphatic heterocycles. The van der Waals surface area contributed by atoms with E-state index in [4.69, 9.17) is 9.72 Å². The van der Waals surface area contributed by atoms with Gasteiger partial charge in [0.05, 0.1) is 29.4 Å². The Bertz CT molecular complexity index is 1300. The molecule has 4 nitrogen and oxygen atoms in total. The summed E-state index contributed by atoms with van der Waals surface area (Å²) in [6.45, 7) is 11.2. The molecule has 0 aliphatic rings. The van der Waals surface area contributed by atoms with Crippen LogP contribution in [-0.4, -0.2) is 17.5 Å². The minimum atomic E-state index is -0.127. The van der Waals surface area contributed by atoms with E-state index in [1.54, 1.807) is 0 Å². The number of ether oxygens (including phenoxy) is 1. The van der Waals surface area contributed by atoms with Gasteiger partial charge in [0.2, 0.25) is 0 Å². The number of rotatable bonds is 6. The minimum Gasteiger partial charge on any atom is -0.494 e. The van der Waals surface area contributed by atoms with E-state index in [0.29, 0.717) is 12.2 Å². The smallest absolute Gasteiger partial charge is 0.252 e. The second kappa shape index (κ2) is 9.68. The van der Waals surface area contributed by atoms with Crippen LogP contribution in [0.3, 0.4) is 0 Å². The Hall–Kier alpha value is -3.66. The highest BCUT2D eigenvalue weighted by atomic mass is 16.5. The fourth-order valence-electron chi connectivity index (χ4n) is 4.05. The zero-order valence-electron chi connectivity index (χ0n) is 20.6. The van der Waals surface area contributed by atoms with Crippen LogP contribution in [0.2, 0.25) is 0 Å². The first-order chi connectivity index (χ1) is 16.3. The SMILES string of the molecule is CCOc1cccc(-c2cc(C(=O)N[C@@H](C)c3ccc(C(C)(C)C)cc3)c3ccccc3n2)c1. The van der Waals surface area contributed by atoms with Crippen molar-refractivity contribution in [2.45, 2.75) is 46.1 Å². The van der Waals surface area contributed by atoms with Gasteiger partial charge in [-0.25, -0.2) is 4.98 Å². The average Bonchev–Trinajstić information content (AvgIpc) is 2.83. The van der Waals surface area contributed by atoms with Crippen molar-refractivity contribution in [3.05, 3.63) is 95.6 Å². The lowest BCUT2D eigenvalue weighted by Gasteiger charge is -2.21. The van der Waals surface area contributed by atoms with E-state index in [1.165, 1.54) is 5.56 Å². The fourth-order valence-corrected chi connectivity index (χ4v) is 4.05. The van der Waals surface area contributed by atoms with Gasteiger partial charge in [-0.1, -0.05) is 75.4 Å². The van der Waals surface area contributed by atoms with E-state index in [0.717, 1.165) is 33.5 Å². The number of pyridine rings is 1. The molecule has 34 heavy (non-hydrogen) atoms. The van der Waals surface area contributed by atoms with Crippen LogP contribution >= 0.6 is 0 Å². The summed E-state index contributed by atoms with van der Waals surface area (Å²) >= 11 is 0. The van der Waals surface area contributed by atoms with Crippen molar-refractivity contribution in [2.75, 3.05) is 6.61 Å². The summed E-state index contributed by atoms with van der Waals surface area (Å²) in [4.78, 5) is 18.3. The summed E-state index contributed by atoms with van der Waals surface area (Å²) in [5.41, 5.74) is 5.49. The first kappa shape index (κ1) is 23.5. The van der Waals surface area contributed by atoms with Gasteiger partial charge in [-0.05, 0) is 54.7 Å². The van der Waals surface area contributed by atoms with Crippen LogP contribution in [0.15, 0.2) is 78.9 Å². The zero-order valence-corrected chi connectivity index (χ0v) is 20.6. The molecule has 0 fully saturated rings. The van der Waals surface area contributed by atoms with Crippen LogP contribution in [0.5, 0.6) is 5.75 Å². The van der Waals surface area contributed by atoms with Crippen LogP contribution in [0.4, 0.5) is 0 Å². The molecule has 4 heteroatoms. The van der Waals surface area contributed by atoms with Crippen molar-refractivity contribution >= 4 is 16.8 Å². The Morgan fingerprint density at radius 1 is 0.971 bits per heavy atom. The third kappa shape index (κ3) is 5.12. The zero-order chi connectivity index (χ0) is 24.3. The molecular weight excluding hydrogens is 420 g/mol. The second-order valence-corrected chi connectivity index (χ2v) is 9.60. The van der Waals surface area contributed by atoms with Gasteiger partial charge >= 0.3 is 0 Å². The Morgan fingerprint density at radius 3 is 2.41 bits per heavy atom. The van der Waals surface area contributed by atoms with Crippen LogP contribution < -0.4 is 10.1 Å². The Labute approximate surface area is 202 Å². The van der Waals surface area contributed by atoms with Gasteiger partial charge in [-0.15, -0.1) is 0 Å². The molecule has 174 valence electrons. The van der Waals surface area contributed by atoms with E-state index < -0.39 is 0 Å². The summed E-state index contributed by atoms with van der Waals surface area (Å²) in [5, 5.41) is 4.02. The van der Waals surface area contributed by atoms with E-state index in [-0.39, 0.29) is 17.4 Å². The maximum absolute atomic E-state index is 13.5. The minimum absolute atomic E-state index is 0.0941. The van der Waals surface area contributed by atoms with Gasteiger partial charge in [-0.2, -0.15) is 0 Å². The van der Waals surface area contributed by atoms with Gasteiger partial charge in [-0.3, -0.25) is 4.79 Å². The summed E-state index contributed by atoms with van der Waals surface area (Å²) < 4.78 is 5.66. The van der Waals surface area contributed by atoms with E-state index >= 15 is 0 Å². The number of hydrogen-bond donors (Lipinski definition) is 1. The van der Waals surface area contributed by atoms with Crippen molar-refractivity contribution < 1.29 is 9.53 Å². The van der Waals surface area contributed by atoms with E-state index in [2.05, 4.69) is 50.4 Å². The molecule has 1 N–H and O–H groups in total. The van der Waals surface area contributed by atoms with Crippen LogP contribution in [0.25, 0.3) is 22.2 Å². The Kier molecular flexibility index (Phi) is 6.69. The number of aromatic nitrogens is 1. The molecule has 1 aromatic heterocycles. The highest BCUT2D eigenvalue weighted by Crippen LogP contribution is 2.28. The van der Waals surface area contributed by atoms with Gasteiger partial charge < -0.3 is 10.1 Å². The van der Waals surface area contributed by atoms with Crippen LogP contribution in [0.1, 0.15) is 62.1 Å². The van der Waals surface area contributed by atoms with Crippen molar-refractivity contribution in [1.82, 2.24) is 10.3 Å². The number of carbonyl (C=O) groups is 1. The van der Waals surface area contributed by atoms with E-state index in [9.17, 15) is 4.79 Å². The predicted octanol–water partition coefficient (Wildman–Crippen LogP) is 7.09. The lowest BCUT2D eigenvalue weighted by atomic mass is 9.86. The molecule has 0 bridgehead atoms. The maximum Gasteiger partial charge on any atom is 0.252 e. The number of nitrogens with one attached hydrogen (secondary N) is 1. The number of fused-ring (bicyclic) bond motifs is 1. The highest BCUT2D eigenvalue weighted by Gasteiger charge is 2.18. The predicted molar refractivity (Wildman–Crippen MR) is 139 cm³/mol. The van der Waals surface area contributed by atoms with Gasteiger partial charge in [0, 0.05) is 10.9 Å². The van der Waals surface area contributed by atoms with Crippen LogP contribution in [0, 0.1) is 0 Å². The summed E-state index contributed by atoms with van der Waals surface area (Å²) in [6, 6.07) is 25.8. The first-order valence-electron chi connectivity index (χ1n) is 11.8. The lowest BCUT2D eigenvalue weighted by Crippen LogP contribution is -2.27. The van der Waals surface area contributed by atoms with Gasteiger partial charge in [0.15, 0.2) is 0 Å². The number of amides is 1. The summed E-state index contributed by atoms with van der Waals surface area (Å²) in [7, 11) is 0. The summed E-state index contributed by atoms with van der Waals surface area (Å²) in [5.74, 6) is 0.668. The average molecular weight is 453 g/mol. The number of carbonyl (C=O) groups excluding carboxylic acids is 1. The normalized spacial score (nSPS) is 12.4. The molecule has 1 atom stereocenters. The van der Waals surface area contributed by atoms with E-state index in [1.807, 2.05) is 68.4 Å². The third-order valence-electron chi connectivity index (χ3n) is 6.03. The van der Waals surface area contributed by atoms with Crippen molar-refractivity contribution in [3.8, 4) is 17.0 Å². The Balaban J connectivity index is 1.66. The van der Waals surface area contributed by atoms with Gasteiger partial charge in [0.1, 0.15) is 5.75 Å². The largest absolute Gasteiger partial charge is 0.494 e. The van der Waals surface area contributed by atoms with Crippen molar-refractivity contribution in [1.29, 1.82) is 0 Å². The molecule has 4 rings (SSSR count). The molecule has 3 aromatic carbocycles. The van der Waals surface area contributed by atoms with Crippen LogP contribution in [-0.2, 0) is 5.41 Å². The lowest BCUT2D eigenvalue weighted by molar-refractivity contribution is 0.0941. The molecule has 0 radical (unpaired) electrons.